The van der Waals surface area contributed by atoms with Gasteiger partial charge in [-0.15, -0.1) is 0 Å². The van der Waals surface area contributed by atoms with Crippen molar-refractivity contribution in [2.45, 2.75) is 94.5 Å². The SMILES string of the molecule is CC12CCC(O)CC1(O)CCC1C2CCC2(C)C(c3ccc(=O)oc3)CC3OC312. The van der Waals surface area contributed by atoms with E-state index in [-0.39, 0.29) is 34.3 Å². The average molecular weight is 401 g/mol. The topological polar surface area (TPSA) is 83.2 Å². The smallest absolute Gasteiger partial charge is 0.335 e. The summed E-state index contributed by atoms with van der Waals surface area (Å²) in [5.41, 5.74) is -0.118. The molecule has 0 aromatic carbocycles. The first-order valence-electron chi connectivity index (χ1n) is 11.4. The van der Waals surface area contributed by atoms with E-state index in [1.165, 1.54) is 6.07 Å². The molecule has 2 N–H and O–H groups in total. The van der Waals surface area contributed by atoms with Gasteiger partial charge in [0, 0.05) is 17.9 Å². The Balaban J connectivity index is 1.37. The van der Waals surface area contributed by atoms with Crippen molar-refractivity contribution < 1.29 is 19.4 Å². The summed E-state index contributed by atoms with van der Waals surface area (Å²) in [5, 5.41) is 21.8. The molecule has 4 aliphatic carbocycles. The van der Waals surface area contributed by atoms with Gasteiger partial charge in [-0.05, 0) is 79.7 Å². The van der Waals surface area contributed by atoms with Gasteiger partial charge in [0.25, 0.3) is 0 Å². The molecule has 5 fully saturated rings. The highest BCUT2D eigenvalue weighted by atomic mass is 16.6. The highest BCUT2D eigenvalue weighted by Gasteiger charge is 2.81. The van der Waals surface area contributed by atoms with Crippen LogP contribution in [0.3, 0.4) is 0 Å². The molecule has 9 atom stereocenters. The number of fused-ring (bicyclic) bond motifs is 3. The third kappa shape index (κ3) is 2.10. The predicted octanol–water partition coefficient (Wildman–Crippen LogP) is 3.37. The fourth-order valence-corrected chi connectivity index (χ4v) is 8.73. The molecule has 1 aromatic rings. The fraction of sp³-hybridized carbons (Fsp3) is 0.792. The van der Waals surface area contributed by atoms with Crippen LogP contribution < -0.4 is 5.63 Å². The van der Waals surface area contributed by atoms with Gasteiger partial charge in [-0.25, -0.2) is 4.79 Å². The summed E-state index contributed by atoms with van der Waals surface area (Å²) in [4.78, 5) is 11.4. The zero-order valence-corrected chi connectivity index (χ0v) is 17.4. The molecule has 5 heteroatoms. The van der Waals surface area contributed by atoms with Crippen LogP contribution in [-0.2, 0) is 4.74 Å². The van der Waals surface area contributed by atoms with Gasteiger partial charge in [-0.2, -0.15) is 0 Å². The Bertz CT molecular complexity index is 890. The first-order chi connectivity index (χ1) is 13.7. The van der Waals surface area contributed by atoms with E-state index in [1.807, 2.05) is 6.07 Å². The Labute approximate surface area is 171 Å². The Morgan fingerprint density at radius 3 is 2.55 bits per heavy atom. The normalized spacial score (nSPS) is 55.4. The summed E-state index contributed by atoms with van der Waals surface area (Å²) in [6.45, 7) is 4.67. The van der Waals surface area contributed by atoms with Gasteiger partial charge >= 0.3 is 5.63 Å². The zero-order valence-electron chi connectivity index (χ0n) is 17.4. The second-order valence-corrected chi connectivity index (χ2v) is 11.1. The molecule has 0 amide bonds. The fourth-order valence-electron chi connectivity index (χ4n) is 8.73. The third-order valence-corrected chi connectivity index (χ3v) is 10.3. The Hall–Kier alpha value is -1.17. The van der Waals surface area contributed by atoms with Gasteiger partial charge in [0.15, 0.2) is 0 Å². The van der Waals surface area contributed by atoms with Crippen LogP contribution in [0.5, 0.6) is 0 Å². The number of ether oxygens (including phenoxy) is 1. The number of rotatable bonds is 1. The van der Waals surface area contributed by atoms with Crippen LogP contribution in [0.2, 0.25) is 0 Å². The molecular formula is C24H32O5. The minimum absolute atomic E-state index is 0.0404. The van der Waals surface area contributed by atoms with E-state index in [0.29, 0.717) is 24.2 Å². The highest BCUT2D eigenvalue weighted by Crippen LogP contribution is 2.78. The van der Waals surface area contributed by atoms with Gasteiger partial charge in [0.1, 0.15) is 5.60 Å². The standard InChI is InChI=1S/C24H32O5/c1-21-8-5-15(25)12-23(21,27)10-7-17-16(21)6-9-22(2)18(11-19-24(17,22)29-19)14-3-4-20(26)28-13-14/h3-4,13,15-19,25,27H,5-12H2,1-2H3. The second-order valence-electron chi connectivity index (χ2n) is 11.1. The lowest BCUT2D eigenvalue weighted by molar-refractivity contribution is -0.223. The number of hydrogen-bond acceptors (Lipinski definition) is 5. The Morgan fingerprint density at radius 1 is 1.03 bits per heavy atom. The summed E-state index contributed by atoms with van der Waals surface area (Å²) in [7, 11) is 0. The molecule has 5 nitrogen and oxygen atoms in total. The van der Waals surface area contributed by atoms with Crippen molar-refractivity contribution in [3.8, 4) is 0 Å². The van der Waals surface area contributed by atoms with E-state index in [2.05, 4.69) is 13.8 Å². The molecule has 1 saturated heterocycles. The van der Waals surface area contributed by atoms with Crippen molar-refractivity contribution in [2.24, 2.45) is 22.7 Å². The van der Waals surface area contributed by atoms with Crippen LogP contribution in [0.1, 0.15) is 76.7 Å². The second kappa shape index (κ2) is 5.54. The highest BCUT2D eigenvalue weighted by molar-refractivity contribution is 5.35. The van der Waals surface area contributed by atoms with Gasteiger partial charge in [-0.1, -0.05) is 13.8 Å². The van der Waals surface area contributed by atoms with E-state index in [9.17, 15) is 15.0 Å². The van der Waals surface area contributed by atoms with Gasteiger partial charge in [0.2, 0.25) is 0 Å². The number of aliphatic hydroxyl groups is 2. The third-order valence-electron chi connectivity index (χ3n) is 10.3. The quantitative estimate of drug-likeness (QED) is 0.706. The summed E-state index contributed by atoms with van der Waals surface area (Å²) >= 11 is 0. The van der Waals surface area contributed by atoms with E-state index in [1.54, 1.807) is 6.26 Å². The maximum atomic E-state index is 11.6. The minimum Gasteiger partial charge on any atom is -0.431 e. The molecule has 29 heavy (non-hydrogen) atoms. The summed E-state index contributed by atoms with van der Waals surface area (Å²) in [6, 6.07) is 3.48. The molecule has 1 spiro atoms. The molecule has 1 aliphatic heterocycles. The Kier molecular flexibility index (Phi) is 3.55. The minimum atomic E-state index is -0.749. The van der Waals surface area contributed by atoms with E-state index >= 15 is 0 Å². The maximum Gasteiger partial charge on any atom is 0.335 e. The molecule has 0 bridgehead atoms. The monoisotopic (exact) mass is 400 g/mol. The van der Waals surface area contributed by atoms with Crippen LogP contribution in [0.4, 0.5) is 0 Å². The van der Waals surface area contributed by atoms with Crippen molar-refractivity contribution >= 4 is 0 Å². The molecule has 9 unspecified atom stereocenters. The van der Waals surface area contributed by atoms with Crippen LogP contribution in [-0.4, -0.2) is 33.6 Å². The van der Waals surface area contributed by atoms with E-state index in [4.69, 9.17) is 9.15 Å². The summed E-state index contributed by atoms with van der Waals surface area (Å²) in [5.74, 6) is 1.26. The maximum absolute atomic E-state index is 11.6. The molecular weight excluding hydrogens is 368 g/mol. The predicted molar refractivity (Wildman–Crippen MR) is 106 cm³/mol. The number of aliphatic hydroxyl groups excluding tert-OH is 1. The lowest BCUT2D eigenvalue weighted by atomic mass is 9.42. The van der Waals surface area contributed by atoms with Gasteiger partial charge in [-0.3, -0.25) is 0 Å². The first kappa shape index (κ1) is 18.6. The largest absolute Gasteiger partial charge is 0.431 e. The van der Waals surface area contributed by atoms with Crippen molar-refractivity contribution in [2.75, 3.05) is 0 Å². The van der Waals surface area contributed by atoms with Crippen molar-refractivity contribution in [1.82, 2.24) is 0 Å². The van der Waals surface area contributed by atoms with Crippen LogP contribution in [0, 0.1) is 22.7 Å². The summed E-state index contributed by atoms with van der Waals surface area (Å²) in [6.07, 6.45) is 8.69. The molecule has 1 aromatic heterocycles. The van der Waals surface area contributed by atoms with E-state index in [0.717, 1.165) is 50.5 Å². The number of hydrogen-bond donors (Lipinski definition) is 2. The molecule has 158 valence electrons. The van der Waals surface area contributed by atoms with Crippen molar-refractivity contribution in [1.29, 1.82) is 0 Å². The van der Waals surface area contributed by atoms with Crippen LogP contribution >= 0.6 is 0 Å². The Morgan fingerprint density at radius 2 is 1.79 bits per heavy atom. The average Bonchev–Trinajstić information content (AvgIpc) is 3.34. The van der Waals surface area contributed by atoms with Gasteiger partial charge < -0.3 is 19.4 Å². The summed E-state index contributed by atoms with van der Waals surface area (Å²) < 4.78 is 11.8. The van der Waals surface area contributed by atoms with Crippen molar-refractivity contribution in [3.63, 3.8) is 0 Å². The number of epoxide rings is 1. The molecule has 6 rings (SSSR count). The zero-order chi connectivity index (χ0) is 20.2. The lowest BCUT2D eigenvalue weighted by Crippen LogP contribution is -2.65. The van der Waals surface area contributed by atoms with Gasteiger partial charge in [0.05, 0.1) is 24.1 Å². The van der Waals surface area contributed by atoms with Crippen LogP contribution in [0.15, 0.2) is 27.6 Å². The van der Waals surface area contributed by atoms with Crippen LogP contribution in [0.25, 0.3) is 0 Å². The lowest BCUT2D eigenvalue weighted by Gasteiger charge is -2.64. The van der Waals surface area contributed by atoms with E-state index < -0.39 is 5.60 Å². The molecule has 5 aliphatic rings. The molecule has 0 radical (unpaired) electrons. The first-order valence-corrected chi connectivity index (χ1v) is 11.4. The molecule has 2 heterocycles. The van der Waals surface area contributed by atoms with Crippen molar-refractivity contribution in [3.05, 3.63) is 34.4 Å². The molecule has 4 saturated carbocycles.